The largest absolute Gasteiger partial charge is 0.506 e. The summed E-state index contributed by atoms with van der Waals surface area (Å²) < 4.78 is 0. The minimum atomic E-state index is -0.0586. The molecule has 0 bridgehead atoms. The van der Waals surface area contributed by atoms with E-state index in [9.17, 15) is 4.79 Å². The van der Waals surface area contributed by atoms with Gasteiger partial charge >= 0.3 is 0 Å². The first-order valence-corrected chi connectivity index (χ1v) is 3.20. The Bertz CT molecular complexity index is 299. The van der Waals surface area contributed by atoms with Crippen molar-refractivity contribution in [1.29, 1.82) is 0 Å². The summed E-state index contributed by atoms with van der Waals surface area (Å²) >= 11 is 0. The van der Waals surface area contributed by atoms with Gasteiger partial charge in [-0.15, -0.1) is 17.0 Å². The van der Waals surface area contributed by atoms with Crippen LogP contribution >= 0.6 is 17.0 Å². The van der Waals surface area contributed by atoms with Gasteiger partial charge in [0, 0.05) is 5.56 Å². The van der Waals surface area contributed by atoms with Gasteiger partial charge in [-0.1, -0.05) is 0 Å². The Morgan fingerprint density at radius 1 is 1.50 bits per heavy atom. The smallest absolute Gasteiger partial charge is 0.159 e. The van der Waals surface area contributed by atoms with Crippen molar-refractivity contribution in [3.8, 4) is 5.75 Å². The second-order valence-electron chi connectivity index (χ2n) is 2.33. The number of anilines is 1. The topological polar surface area (TPSA) is 63.3 Å². The highest BCUT2D eigenvalue weighted by Crippen LogP contribution is 2.20. The number of nitrogen functional groups attached to an aromatic ring is 1. The Morgan fingerprint density at radius 3 is 2.50 bits per heavy atom. The van der Waals surface area contributed by atoms with Gasteiger partial charge in [-0.05, 0) is 25.1 Å². The minimum absolute atomic E-state index is 0. The number of hydrogen-bond acceptors (Lipinski definition) is 3. The van der Waals surface area contributed by atoms with E-state index in [2.05, 4.69) is 0 Å². The highest BCUT2D eigenvalue weighted by molar-refractivity contribution is 8.93. The first kappa shape index (κ1) is 11.0. The molecule has 0 saturated heterocycles. The number of benzene rings is 1. The highest BCUT2D eigenvalue weighted by Gasteiger charge is 2.01. The summed E-state index contributed by atoms with van der Waals surface area (Å²) in [6, 6.07) is 4.40. The van der Waals surface area contributed by atoms with Crippen molar-refractivity contribution >= 4 is 28.5 Å². The van der Waals surface area contributed by atoms with E-state index in [0.717, 1.165) is 0 Å². The molecule has 0 saturated carbocycles. The fourth-order valence-corrected chi connectivity index (χ4v) is 0.774. The number of rotatable bonds is 1. The number of carbonyl (C=O) groups is 1. The number of nitrogens with two attached hydrogens (primary N) is 1. The van der Waals surface area contributed by atoms with Gasteiger partial charge in [0.15, 0.2) is 5.78 Å². The lowest BCUT2D eigenvalue weighted by atomic mass is 10.1. The number of Topliss-reactive ketones (excluding diaryl/α,β-unsaturated/α-hetero) is 1. The maximum Gasteiger partial charge on any atom is 0.159 e. The maximum atomic E-state index is 10.8. The predicted octanol–water partition coefficient (Wildman–Crippen LogP) is 1.75. The van der Waals surface area contributed by atoms with Gasteiger partial charge < -0.3 is 10.8 Å². The van der Waals surface area contributed by atoms with Crippen molar-refractivity contribution in [2.75, 3.05) is 5.73 Å². The van der Waals surface area contributed by atoms with Crippen LogP contribution in [0.2, 0.25) is 0 Å². The van der Waals surface area contributed by atoms with Crippen LogP contribution in [0, 0.1) is 0 Å². The first-order chi connectivity index (χ1) is 5.11. The molecule has 0 aliphatic rings. The number of phenols is 1. The maximum absolute atomic E-state index is 10.8. The summed E-state index contributed by atoms with van der Waals surface area (Å²) in [6.45, 7) is 1.45. The molecule has 12 heavy (non-hydrogen) atoms. The third-order valence-corrected chi connectivity index (χ3v) is 1.43. The monoisotopic (exact) mass is 231 g/mol. The lowest BCUT2D eigenvalue weighted by Gasteiger charge is -1.99. The summed E-state index contributed by atoms with van der Waals surface area (Å²) in [5.41, 5.74) is 6.10. The summed E-state index contributed by atoms with van der Waals surface area (Å²) in [5.74, 6) is -0.0494. The van der Waals surface area contributed by atoms with Gasteiger partial charge in [0.05, 0.1) is 5.69 Å². The lowest BCUT2D eigenvalue weighted by Crippen LogP contribution is -1.94. The number of ketones is 1. The fourth-order valence-electron chi connectivity index (χ4n) is 0.774. The molecule has 3 nitrogen and oxygen atoms in total. The van der Waals surface area contributed by atoms with Gasteiger partial charge in [-0.3, -0.25) is 4.79 Å². The van der Waals surface area contributed by atoms with Crippen LogP contribution in [-0.4, -0.2) is 10.9 Å². The average molecular weight is 232 g/mol. The molecule has 0 aliphatic carbocycles. The first-order valence-electron chi connectivity index (χ1n) is 3.20. The Balaban J connectivity index is 0.00000121. The van der Waals surface area contributed by atoms with Crippen LogP contribution in [0.1, 0.15) is 17.3 Å². The number of aromatic hydroxyl groups is 1. The highest BCUT2D eigenvalue weighted by atomic mass is 79.9. The molecule has 0 fully saturated rings. The molecule has 1 aromatic rings. The van der Waals surface area contributed by atoms with E-state index < -0.39 is 0 Å². The predicted molar refractivity (Wildman–Crippen MR) is 52.8 cm³/mol. The van der Waals surface area contributed by atoms with Crippen LogP contribution < -0.4 is 5.73 Å². The Morgan fingerprint density at radius 2 is 2.08 bits per heavy atom. The van der Waals surface area contributed by atoms with E-state index >= 15 is 0 Å². The Hall–Kier alpha value is -1.03. The SMILES string of the molecule is Br.CC(=O)c1ccc(O)c(N)c1. The summed E-state index contributed by atoms with van der Waals surface area (Å²) in [5, 5.41) is 8.99. The molecule has 3 N–H and O–H groups in total. The molecule has 0 heterocycles. The number of carbonyl (C=O) groups excluding carboxylic acids is 1. The third-order valence-electron chi connectivity index (χ3n) is 1.43. The van der Waals surface area contributed by atoms with E-state index in [1.807, 2.05) is 0 Å². The van der Waals surface area contributed by atoms with Crippen LogP contribution in [0.4, 0.5) is 5.69 Å². The second-order valence-corrected chi connectivity index (χ2v) is 2.33. The van der Waals surface area contributed by atoms with Crippen molar-refractivity contribution in [1.82, 2.24) is 0 Å². The number of phenolic OH excluding ortho intramolecular Hbond substituents is 1. The van der Waals surface area contributed by atoms with Gasteiger partial charge in [-0.2, -0.15) is 0 Å². The fraction of sp³-hybridized carbons (Fsp3) is 0.125. The quantitative estimate of drug-likeness (QED) is 0.440. The van der Waals surface area contributed by atoms with E-state index in [4.69, 9.17) is 10.8 Å². The summed E-state index contributed by atoms with van der Waals surface area (Å²) in [7, 11) is 0. The van der Waals surface area contributed by atoms with Crippen LogP contribution in [0.5, 0.6) is 5.75 Å². The molecule has 1 rings (SSSR count). The molecule has 4 heteroatoms. The molecule has 0 radical (unpaired) electrons. The standard InChI is InChI=1S/C8H9NO2.BrH/c1-5(10)6-2-3-8(11)7(9)4-6;/h2-4,11H,9H2,1H3;1H. The van der Waals surface area contributed by atoms with Crippen LogP contribution in [0.3, 0.4) is 0 Å². The van der Waals surface area contributed by atoms with Gasteiger partial charge in [0.2, 0.25) is 0 Å². The molecule has 0 aliphatic heterocycles. The Labute approximate surface area is 81.0 Å². The molecular weight excluding hydrogens is 222 g/mol. The van der Waals surface area contributed by atoms with Crippen molar-refractivity contribution in [2.24, 2.45) is 0 Å². The molecule has 0 spiro atoms. The van der Waals surface area contributed by atoms with Crippen LogP contribution in [0.25, 0.3) is 0 Å². The molecule has 0 aromatic heterocycles. The van der Waals surface area contributed by atoms with Gasteiger partial charge in [0.1, 0.15) is 5.75 Å². The molecule has 66 valence electrons. The van der Waals surface area contributed by atoms with E-state index in [1.165, 1.54) is 25.1 Å². The molecule has 0 unspecified atom stereocenters. The van der Waals surface area contributed by atoms with Crippen molar-refractivity contribution in [3.63, 3.8) is 0 Å². The zero-order valence-corrected chi connectivity index (χ0v) is 8.29. The molecule has 0 amide bonds. The molecular formula is C8H10BrNO2. The zero-order chi connectivity index (χ0) is 8.43. The number of halogens is 1. The van der Waals surface area contributed by atoms with Gasteiger partial charge in [0.25, 0.3) is 0 Å². The van der Waals surface area contributed by atoms with Crippen LogP contribution in [-0.2, 0) is 0 Å². The number of hydrogen-bond donors (Lipinski definition) is 2. The van der Waals surface area contributed by atoms with Crippen molar-refractivity contribution in [3.05, 3.63) is 23.8 Å². The average Bonchev–Trinajstić information content (AvgIpc) is 1.94. The second kappa shape index (κ2) is 4.11. The molecule has 1 aromatic carbocycles. The van der Waals surface area contributed by atoms with E-state index in [-0.39, 0.29) is 34.2 Å². The van der Waals surface area contributed by atoms with Crippen molar-refractivity contribution < 1.29 is 9.90 Å². The van der Waals surface area contributed by atoms with Crippen LogP contribution in [0.15, 0.2) is 18.2 Å². The lowest BCUT2D eigenvalue weighted by molar-refractivity contribution is 0.101. The summed E-state index contributed by atoms with van der Waals surface area (Å²) in [4.78, 5) is 10.8. The molecule has 0 atom stereocenters. The van der Waals surface area contributed by atoms with E-state index in [0.29, 0.717) is 5.56 Å². The summed E-state index contributed by atoms with van der Waals surface area (Å²) in [6.07, 6.45) is 0. The Kier molecular flexibility index (Phi) is 3.76. The third kappa shape index (κ3) is 2.23. The van der Waals surface area contributed by atoms with Gasteiger partial charge in [-0.25, -0.2) is 0 Å². The normalized spacial score (nSPS) is 8.75. The van der Waals surface area contributed by atoms with Crippen molar-refractivity contribution in [2.45, 2.75) is 6.92 Å². The minimum Gasteiger partial charge on any atom is -0.506 e. The zero-order valence-electron chi connectivity index (χ0n) is 6.57. The van der Waals surface area contributed by atoms with E-state index in [1.54, 1.807) is 0 Å².